The number of aryl methyl sites for hydroxylation is 1. The smallest absolute Gasteiger partial charge is 0.232 e. The summed E-state index contributed by atoms with van der Waals surface area (Å²) in [5.74, 6) is 2.50. The standard InChI is InChI=1S/C26H39BrN4/c1-7-11-21(12-8-2)31-16-10-13-22-19(6)28-26(29-25(22)31)30(9-3)24-15-14-20(18(4)5)17-23(24)27/h14-15,17-18,21H,7-13,16H2,1-6H3. The zero-order valence-electron chi connectivity index (χ0n) is 20.2. The van der Waals surface area contributed by atoms with E-state index in [4.69, 9.17) is 9.97 Å². The van der Waals surface area contributed by atoms with E-state index in [2.05, 4.69) is 85.5 Å². The van der Waals surface area contributed by atoms with Crippen molar-refractivity contribution in [2.45, 2.75) is 92.0 Å². The molecule has 1 aliphatic rings. The highest BCUT2D eigenvalue weighted by molar-refractivity contribution is 9.10. The molecule has 0 aliphatic carbocycles. The maximum Gasteiger partial charge on any atom is 0.232 e. The van der Waals surface area contributed by atoms with Gasteiger partial charge in [-0.3, -0.25) is 0 Å². The van der Waals surface area contributed by atoms with Crippen LogP contribution in [-0.4, -0.2) is 29.1 Å². The Hall–Kier alpha value is -1.62. The van der Waals surface area contributed by atoms with Crippen molar-refractivity contribution in [3.63, 3.8) is 0 Å². The largest absolute Gasteiger partial charge is 0.353 e. The summed E-state index contributed by atoms with van der Waals surface area (Å²) in [6, 6.07) is 7.24. The second-order valence-electron chi connectivity index (χ2n) is 9.05. The number of nitrogens with zero attached hydrogens (tertiary/aromatic N) is 4. The molecule has 0 spiro atoms. The Kier molecular flexibility index (Phi) is 8.37. The summed E-state index contributed by atoms with van der Waals surface area (Å²) in [5, 5.41) is 0. The van der Waals surface area contributed by atoms with Crippen LogP contribution in [0.4, 0.5) is 17.5 Å². The van der Waals surface area contributed by atoms with Gasteiger partial charge < -0.3 is 9.80 Å². The first-order chi connectivity index (χ1) is 14.9. The Bertz CT molecular complexity index is 874. The van der Waals surface area contributed by atoms with Crippen LogP contribution in [0.3, 0.4) is 0 Å². The zero-order valence-corrected chi connectivity index (χ0v) is 21.8. The molecule has 0 atom stereocenters. The van der Waals surface area contributed by atoms with E-state index in [1.807, 2.05) is 0 Å². The molecular weight excluding hydrogens is 448 g/mol. The van der Waals surface area contributed by atoms with Crippen molar-refractivity contribution in [1.82, 2.24) is 9.97 Å². The van der Waals surface area contributed by atoms with Crippen molar-refractivity contribution >= 4 is 33.4 Å². The maximum absolute atomic E-state index is 5.21. The van der Waals surface area contributed by atoms with Crippen LogP contribution in [-0.2, 0) is 6.42 Å². The van der Waals surface area contributed by atoms with Crippen LogP contribution >= 0.6 is 15.9 Å². The summed E-state index contributed by atoms with van der Waals surface area (Å²) in [7, 11) is 0. The number of fused-ring (bicyclic) bond motifs is 1. The van der Waals surface area contributed by atoms with E-state index >= 15 is 0 Å². The van der Waals surface area contributed by atoms with Gasteiger partial charge in [-0.15, -0.1) is 0 Å². The van der Waals surface area contributed by atoms with E-state index in [1.165, 1.54) is 49.0 Å². The van der Waals surface area contributed by atoms with E-state index in [0.717, 1.165) is 41.3 Å². The first-order valence-corrected chi connectivity index (χ1v) is 12.9. The summed E-state index contributed by atoms with van der Waals surface area (Å²) in [5.41, 5.74) is 4.94. The van der Waals surface area contributed by atoms with Crippen LogP contribution in [0.15, 0.2) is 22.7 Å². The second-order valence-corrected chi connectivity index (χ2v) is 9.90. The van der Waals surface area contributed by atoms with E-state index in [9.17, 15) is 0 Å². The third-order valence-corrected chi connectivity index (χ3v) is 7.08. The lowest BCUT2D eigenvalue weighted by atomic mass is 9.98. The topological polar surface area (TPSA) is 32.3 Å². The van der Waals surface area contributed by atoms with Crippen LogP contribution < -0.4 is 9.80 Å². The molecule has 0 saturated heterocycles. The lowest BCUT2D eigenvalue weighted by Crippen LogP contribution is -2.40. The average Bonchev–Trinajstić information content (AvgIpc) is 2.75. The molecule has 1 aliphatic heterocycles. The van der Waals surface area contributed by atoms with Crippen LogP contribution in [0.25, 0.3) is 0 Å². The Balaban J connectivity index is 2.04. The SMILES string of the molecule is CCCC(CCC)N1CCCc2c(C)nc(N(CC)c3ccc(C(C)C)cc3Br)nc21. The number of hydrogen-bond donors (Lipinski definition) is 0. The van der Waals surface area contributed by atoms with Gasteiger partial charge in [0, 0.05) is 34.9 Å². The molecule has 4 nitrogen and oxygen atoms in total. The number of aromatic nitrogens is 2. The van der Waals surface area contributed by atoms with E-state index in [0.29, 0.717) is 12.0 Å². The zero-order chi connectivity index (χ0) is 22.5. The van der Waals surface area contributed by atoms with Crippen LogP contribution in [0.2, 0.25) is 0 Å². The van der Waals surface area contributed by atoms with Gasteiger partial charge in [0.05, 0.1) is 5.69 Å². The highest BCUT2D eigenvalue weighted by atomic mass is 79.9. The van der Waals surface area contributed by atoms with Crippen molar-refractivity contribution in [2.24, 2.45) is 0 Å². The molecule has 170 valence electrons. The minimum Gasteiger partial charge on any atom is -0.353 e. The van der Waals surface area contributed by atoms with Gasteiger partial charge in [-0.1, -0.05) is 46.6 Å². The number of anilines is 3. The molecule has 1 aromatic heterocycles. The average molecular weight is 488 g/mol. The Morgan fingerprint density at radius 2 is 1.81 bits per heavy atom. The van der Waals surface area contributed by atoms with Gasteiger partial charge in [0.15, 0.2) is 0 Å². The predicted molar refractivity (Wildman–Crippen MR) is 137 cm³/mol. The molecule has 5 heteroatoms. The summed E-state index contributed by atoms with van der Waals surface area (Å²) < 4.78 is 1.10. The summed E-state index contributed by atoms with van der Waals surface area (Å²) in [6.07, 6.45) is 7.16. The summed E-state index contributed by atoms with van der Waals surface area (Å²) >= 11 is 3.82. The molecule has 0 N–H and O–H groups in total. The van der Waals surface area contributed by atoms with Crippen LogP contribution in [0, 0.1) is 6.92 Å². The molecule has 0 saturated carbocycles. The normalized spacial score (nSPS) is 13.8. The lowest BCUT2D eigenvalue weighted by molar-refractivity contribution is 0.482. The summed E-state index contributed by atoms with van der Waals surface area (Å²) in [6.45, 7) is 15.3. The lowest BCUT2D eigenvalue weighted by Gasteiger charge is -2.38. The van der Waals surface area contributed by atoms with Crippen molar-refractivity contribution < 1.29 is 0 Å². The highest BCUT2D eigenvalue weighted by Crippen LogP contribution is 2.37. The Morgan fingerprint density at radius 1 is 1.10 bits per heavy atom. The van der Waals surface area contributed by atoms with Crippen molar-refractivity contribution in [1.29, 1.82) is 0 Å². The van der Waals surface area contributed by atoms with Gasteiger partial charge in [-0.25, -0.2) is 4.98 Å². The van der Waals surface area contributed by atoms with Gasteiger partial charge in [0.2, 0.25) is 5.95 Å². The fourth-order valence-electron chi connectivity index (χ4n) is 4.75. The Morgan fingerprint density at radius 3 is 2.39 bits per heavy atom. The van der Waals surface area contributed by atoms with Crippen molar-refractivity contribution in [2.75, 3.05) is 22.9 Å². The molecule has 0 radical (unpaired) electrons. The number of rotatable bonds is 9. The summed E-state index contributed by atoms with van der Waals surface area (Å²) in [4.78, 5) is 15.0. The number of halogens is 1. The van der Waals surface area contributed by atoms with Crippen LogP contribution in [0.5, 0.6) is 0 Å². The molecule has 3 rings (SSSR count). The van der Waals surface area contributed by atoms with Crippen molar-refractivity contribution in [3.8, 4) is 0 Å². The third-order valence-electron chi connectivity index (χ3n) is 6.45. The Labute approximate surface area is 197 Å². The third kappa shape index (κ3) is 5.24. The predicted octanol–water partition coefficient (Wildman–Crippen LogP) is 7.55. The van der Waals surface area contributed by atoms with E-state index in [1.54, 1.807) is 0 Å². The molecule has 2 aromatic rings. The van der Waals surface area contributed by atoms with E-state index < -0.39 is 0 Å². The molecule has 0 fully saturated rings. The molecule has 0 amide bonds. The van der Waals surface area contributed by atoms with Crippen molar-refractivity contribution in [3.05, 3.63) is 39.5 Å². The number of hydrogen-bond acceptors (Lipinski definition) is 4. The first-order valence-electron chi connectivity index (χ1n) is 12.1. The number of benzene rings is 1. The quantitative estimate of drug-likeness (QED) is 0.366. The minimum absolute atomic E-state index is 0.505. The molecule has 1 aromatic carbocycles. The second kappa shape index (κ2) is 10.8. The highest BCUT2D eigenvalue weighted by Gasteiger charge is 2.28. The first kappa shape index (κ1) is 24.0. The monoisotopic (exact) mass is 486 g/mol. The van der Waals surface area contributed by atoms with Gasteiger partial charge in [0.25, 0.3) is 0 Å². The minimum atomic E-state index is 0.505. The van der Waals surface area contributed by atoms with Crippen LogP contribution in [0.1, 0.15) is 89.5 Å². The van der Waals surface area contributed by atoms with E-state index in [-0.39, 0.29) is 0 Å². The fourth-order valence-corrected chi connectivity index (χ4v) is 5.36. The molecular formula is C26H39BrN4. The van der Waals surface area contributed by atoms with Gasteiger partial charge in [-0.05, 0) is 79.1 Å². The van der Waals surface area contributed by atoms with Gasteiger partial charge in [0.1, 0.15) is 5.82 Å². The molecule has 31 heavy (non-hydrogen) atoms. The van der Waals surface area contributed by atoms with Gasteiger partial charge >= 0.3 is 0 Å². The molecule has 0 bridgehead atoms. The van der Waals surface area contributed by atoms with Gasteiger partial charge in [-0.2, -0.15) is 4.98 Å². The molecule has 0 unspecified atom stereocenters. The maximum atomic E-state index is 5.21. The molecule has 2 heterocycles. The fraction of sp³-hybridized carbons (Fsp3) is 0.615.